The standard InChI is InChI=1S/C12H15N.C2H6/c1-5-7-11-9(3)13-10(4)12(11)8-6-2;1-2/h5-8,13H,1,3H2,2,4H3;1-2H3/b8-6-,11-7+;. The van der Waals surface area contributed by atoms with Crippen molar-refractivity contribution in [1.82, 2.24) is 4.98 Å². The predicted octanol–water partition coefficient (Wildman–Crippen LogP) is 2.76. The van der Waals surface area contributed by atoms with E-state index in [9.17, 15) is 0 Å². The van der Waals surface area contributed by atoms with Crippen molar-refractivity contribution in [1.29, 1.82) is 0 Å². The van der Waals surface area contributed by atoms with Gasteiger partial charge in [-0.1, -0.05) is 51.3 Å². The van der Waals surface area contributed by atoms with Crippen LogP contribution in [0.3, 0.4) is 0 Å². The monoisotopic (exact) mass is 203 g/mol. The Morgan fingerprint density at radius 2 is 1.87 bits per heavy atom. The van der Waals surface area contributed by atoms with Crippen LogP contribution >= 0.6 is 0 Å². The molecule has 0 aromatic carbocycles. The lowest BCUT2D eigenvalue weighted by Gasteiger charge is -1.88. The molecule has 0 aliphatic rings. The van der Waals surface area contributed by atoms with Crippen LogP contribution in [0.2, 0.25) is 0 Å². The van der Waals surface area contributed by atoms with Crippen molar-refractivity contribution in [2.45, 2.75) is 27.7 Å². The van der Waals surface area contributed by atoms with E-state index in [0.717, 1.165) is 16.3 Å². The van der Waals surface area contributed by atoms with E-state index in [4.69, 9.17) is 0 Å². The van der Waals surface area contributed by atoms with Crippen LogP contribution in [0.25, 0.3) is 18.7 Å². The Labute approximate surface area is 92.5 Å². The Morgan fingerprint density at radius 1 is 1.27 bits per heavy atom. The van der Waals surface area contributed by atoms with Crippen LogP contribution in [0.4, 0.5) is 0 Å². The van der Waals surface area contributed by atoms with E-state index in [1.165, 1.54) is 5.56 Å². The molecule has 0 radical (unpaired) electrons. The van der Waals surface area contributed by atoms with Crippen LogP contribution in [0, 0.1) is 6.92 Å². The first-order chi connectivity index (χ1) is 7.20. The molecule has 1 rings (SSSR count). The molecule has 1 aromatic heterocycles. The maximum absolute atomic E-state index is 3.93. The molecule has 1 heterocycles. The van der Waals surface area contributed by atoms with Gasteiger partial charge in [-0.05, 0) is 13.8 Å². The summed E-state index contributed by atoms with van der Waals surface area (Å²) in [6.07, 6.45) is 7.86. The molecular weight excluding hydrogens is 182 g/mol. The lowest BCUT2D eigenvalue weighted by Crippen LogP contribution is -2.21. The molecule has 0 saturated carbocycles. The summed E-state index contributed by atoms with van der Waals surface area (Å²) in [5.74, 6) is 0. The number of aromatic nitrogens is 1. The van der Waals surface area contributed by atoms with Gasteiger partial charge in [0.25, 0.3) is 0 Å². The first-order valence-electron chi connectivity index (χ1n) is 5.33. The lowest BCUT2D eigenvalue weighted by molar-refractivity contribution is 1.22. The lowest BCUT2D eigenvalue weighted by atomic mass is 10.2. The maximum atomic E-state index is 3.93. The molecule has 1 N–H and O–H groups in total. The van der Waals surface area contributed by atoms with Crippen molar-refractivity contribution < 1.29 is 0 Å². The second-order valence-electron chi connectivity index (χ2n) is 2.96. The van der Waals surface area contributed by atoms with Crippen molar-refractivity contribution in [2.24, 2.45) is 0 Å². The molecule has 0 fully saturated rings. The van der Waals surface area contributed by atoms with Crippen molar-refractivity contribution in [3.8, 4) is 0 Å². The molecule has 0 bridgehead atoms. The molecule has 82 valence electrons. The van der Waals surface area contributed by atoms with Gasteiger partial charge in [0.05, 0.1) is 0 Å². The summed E-state index contributed by atoms with van der Waals surface area (Å²) in [6, 6.07) is 0. The number of aromatic amines is 1. The van der Waals surface area contributed by atoms with Gasteiger partial charge in [-0.25, -0.2) is 0 Å². The van der Waals surface area contributed by atoms with E-state index in [-0.39, 0.29) is 0 Å². The van der Waals surface area contributed by atoms with E-state index in [1.54, 1.807) is 6.08 Å². The normalized spacial score (nSPS) is 11.3. The van der Waals surface area contributed by atoms with Gasteiger partial charge in [0, 0.05) is 21.8 Å². The van der Waals surface area contributed by atoms with Crippen molar-refractivity contribution in [3.63, 3.8) is 0 Å². The number of hydrogen-bond donors (Lipinski definition) is 1. The molecule has 1 aromatic rings. The molecule has 15 heavy (non-hydrogen) atoms. The predicted molar refractivity (Wildman–Crippen MR) is 71.0 cm³/mol. The zero-order chi connectivity index (χ0) is 11.8. The minimum atomic E-state index is 0.950. The summed E-state index contributed by atoms with van der Waals surface area (Å²) in [6.45, 7) is 15.7. The third kappa shape index (κ3) is 3.28. The number of hydrogen-bond acceptors (Lipinski definition) is 0. The van der Waals surface area contributed by atoms with E-state index in [2.05, 4.69) is 24.2 Å². The third-order valence-corrected chi connectivity index (χ3v) is 1.98. The van der Waals surface area contributed by atoms with E-state index >= 15 is 0 Å². The summed E-state index contributed by atoms with van der Waals surface area (Å²) in [5.41, 5.74) is 2.35. The Morgan fingerprint density at radius 3 is 2.33 bits per heavy atom. The number of aryl methyl sites for hydroxylation is 1. The number of H-pyrrole nitrogens is 1. The summed E-state index contributed by atoms with van der Waals surface area (Å²) >= 11 is 0. The molecule has 1 heteroatoms. The second kappa shape index (κ2) is 6.88. The quantitative estimate of drug-likeness (QED) is 0.760. The summed E-state index contributed by atoms with van der Waals surface area (Å²) in [4.78, 5) is 3.20. The number of rotatable bonds is 2. The molecule has 0 spiro atoms. The number of nitrogens with one attached hydrogen (secondary N) is 1. The average Bonchev–Trinajstić information content (AvgIpc) is 2.49. The molecule has 1 nitrogen and oxygen atoms in total. The number of allylic oxidation sites excluding steroid dienone is 2. The molecule has 0 aliphatic heterocycles. The van der Waals surface area contributed by atoms with Crippen LogP contribution < -0.4 is 10.6 Å². The summed E-state index contributed by atoms with van der Waals surface area (Å²) in [5, 5.41) is 2.08. The fourth-order valence-corrected chi connectivity index (χ4v) is 1.42. The van der Waals surface area contributed by atoms with Gasteiger partial charge in [-0.3, -0.25) is 0 Å². The van der Waals surface area contributed by atoms with Crippen LogP contribution in [0.15, 0.2) is 18.7 Å². The van der Waals surface area contributed by atoms with Crippen molar-refractivity contribution in [2.75, 3.05) is 0 Å². The second-order valence-corrected chi connectivity index (χ2v) is 2.96. The van der Waals surface area contributed by atoms with Gasteiger partial charge in [0.1, 0.15) is 0 Å². The van der Waals surface area contributed by atoms with Crippen molar-refractivity contribution in [3.05, 3.63) is 40.6 Å². The Hall–Kier alpha value is -1.50. The highest BCUT2D eigenvalue weighted by atomic mass is 14.7. The zero-order valence-electron chi connectivity index (χ0n) is 10.2. The van der Waals surface area contributed by atoms with Gasteiger partial charge in [-0.15, -0.1) is 0 Å². The molecule has 0 saturated heterocycles. The topological polar surface area (TPSA) is 15.8 Å². The third-order valence-electron chi connectivity index (χ3n) is 1.98. The molecule has 0 unspecified atom stereocenters. The van der Waals surface area contributed by atoms with Crippen LogP contribution in [0.1, 0.15) is 32.0 Å². The van der Waals surface area contributed by atoms with Gasteiger partial charge in [0.2, 0.25) is 0 Å². The zero-order valence-corrected chi connectivity index (χ0v) is 10.2. The first kappa shape index (κ1) is 13.5. The summed E-state index contributed by atoms with van der Waals surface area (Å²) < 4.78 is 0. The Balaban J connectivity index is 0.000000921. The minimum Gasteiger partial charge on any atom is -0.359 e. The highest BCUT2D eigenvalue weighted by Gasteiger charge is 1.98. The van der Waals surface area contributed by atoms with Gasteiger partial charge in [0.15, 0.2) is 0 Å². The highest BCUT2D eigenvalue weighted by molar-refractivity contribution is 5.56. The van der Waals surface area contributed by atoms with E-state index < -0.39 is 0 Å². The van der Waals surface area contributed by atoms with Gasteiger partial charge >= 0.3 is 0 Å². The summed E-state index contributed by atoms with van der Waals surface area (Å²) in [7, 11) is 0. The molecule has 0 aliphatic carbocycles. The van der Waals surface area contributed by atoms with Crippen LogP contribution in [-0.2, 0) is 0 Å². The molecular formula is C14H21N. The molecule has 0 amide bonds. The van der Waals surface area contributed by atoms with E-state index in [1.807, 2.05) is 39.8 Å². The average molecular weight is 203 g/mol. The minimum absolute atomic E-state index is 0.950. The SMILES string of the molecule is C=C/C=c1/c(/C=C\C)c(C)[nH]c1=C.CC. The largest absolute Gasteiger partial charge is 0.359 e. The fraction of sp³-hybridized carbons (Fsp3) is 0.286. The maximum Gasteiger partial charge on any atom is 0.0389 e. The van der Waals surface area contributed by atoms with Crippen molar-refractivity contribution >= 4 is 18.7 Å². The first-order valence-corrected chi connectivity index (χ1v) is 5.33. The van der Waals surface area contributed by atoms with Crippen LogP contribution in [-0.4, -0.2) is 4.98 Å². The van der Waals surface area contributed by atoms with E-state index in [0.29, 0.717) is 0 Å². The fourth-order valence-electron chi connectivity index (χ4n) is 1.42. The Kier molecular flexibility index (Phi) is 6.19. The Bertz CT molecular complexity index is 433. The van der Waals surface area contributed by atoms with Gasteiger partial charge in [-0.2, -0.15) is 0 Å². The highest BCUT2D eigenvalue weighted by Crippen LogP contribution is 1.98. The smallest absolute Gasteiger partial charge is 0.0389 e. The van der Waals surface area contributed by atoms with Crippen LogP contribution in [0.5, 0.6) is 0 Å². The molecule has 0 atom stereocenters. The van der Waals surface area contributed by atoms with Gasteiger partial charge < -0.3 is 4.98 Å².